The summed E-state index contributed by atoms with van der Waals surface area (Å²) in [6.45, 7) is 1.82. The van der Waals surface area contributed by atoms with Gasteiger partial charge in [0.05, 0.1) is 5.02 Å². The van der Waals surface area contributed by atoms with Crippen molar-refractivity contribution in [1.82, 2.24) is 4.98 Å². The van der Waals surface area contributed by atoms with E-state index in [1.54, 1.807) is 30.5 Å². The second-order valence-electron chi connectivity index (χ2n) is 3.83. The highest BCUT2D eigenvalue weighted by Crippen LogP contribution is 2.34. The average molecular weight is 312 g/mol. The van der Waals surface area contributed by atoms with Crippen LogP contribution in [0.25, 0.3) is 0 Å². The maximum atomic E-state index is 11.5. The Morgan fingerprint density at radius 1 is 1.26 bits per heavy atom. The molecule has 2 rings (SSSR count). The van der Waals surface area contributed by atoms with Crippen LogP contribution in [-0.4, -0.2) is 10.8 Å². The van der Waals surface area contributed by atoms with Gasteiger partial charge in [-0.3, -0.25) is 9.78 Å². The second kappa shape index (κ2) is 6.42. The lowest BCUT2D eigenvalue weighted by atomic mass is 10.2. The Morgan fingerprint density at radius 2 is 2.05 bits per heavy atom. The number of hydrogen-bond donors (Lipinski definition) is 0. The van der Waals surface area contributed by atoms with Gasteiger partial charge >= 0.3 is 0 Å². The molecule has 0 aliphatic heterocycles. The third-order valence-corrected chi connectivity index (χ3v) is 4.18. The number of nitrogens with zero attached hydrogens (tertiary/aromatic N) is 1. The van der Waals surface area contributed by atoms with Gasteiger partial charge < -0.3 is 0 Å². The monoisotopic (exact) mass is 311 g/mol. The van der Waals surface area contributed by atoms with Crippen molar-refractivity contribution in [3.63, 3.8) is 0 Å². The lowest BCUT2D eigenvalue weighted by molar-refractivity contribution is 0.0983. The molecule has 5 heteroatoms. The second-order valence-corrected chi connectivity index (χ2v) is 5.79. The fraction of sp³-hybridized carbons (Fsp3) is 0.143. The van der Waals surface area contributed by atoms with Crippen LogP contribution in [0.5, 0.6) is 0 Å². The van der Waals surface area contributed by atoms with Crippen LogP contribution in [0.4, 0.5) is 0 Å². The Labute approximate surface area is 126 Å². The zero-order valence-electron chi connectivity index (χ0n) is 10.2. The van der Waals surface area contributed by atoms with Gasteiger partial charge in [-0.15, -0.1) is 0 Å². The minimum absolute atomic E-state index is 0.0392. The molecular weight excluding hydrogens is 301 g/mol. The van der Waals surface area contributed by atoms with E-state index in [1.807, 2.05) is 13.0 Å². The van der Waals surface area contributed by atoms with Crippen LogP contribution >= 0.6 is 35.0 Å². The summed E-state index contributed by atoms with van der Waals surface area (Å²) in [6, 6.07) is 8.90. The summed E-state index contributed by atoms with van der Waals surface area (Å²) >= 11 is 13.5. The number of aromatic nitrogens is 1. The first-order valence-corrected chi connectivity index (χ1v) is 7.29. The number of hydrogen-bond acceptors (Lipinski definition) is 3. The molecule has 2 aromatic rings. The minimum Gasteiger partial charge on any atom is -0.292 e. The van der Waals surface area contributed by atoms with Crippen molar-refractivity contribution < 1.29 is 4.79 Å². The van der Waals surface area contributed by atoms with E-state index in [0.29, 0.717) is 22.2 Å². The van der Waals surface area contributed by atoms with Crippen LogP contribution in [0.2, 0.25) is 10.0 Å². The van der Waals surface area contributed by atoms with Gasteiger partial charge in [0.1, 0.15) is 5.69 Å². The molecule has 0 unspecified atom stereocenters. The van der Waals surface area contributed by atoms with Gasteiger partial charge in [0.25, 0.3) is 0 Å². The van der Waals surface area contributed by atoms with Crippen LogP contribution in [0.15, 0.2) is 46.3 Å². The number of benzene rings is 1. The Hall–Kier alpha value is -1.03. The maximum Gasteiger partial charge on any atom is 0.180 e. The number of rotatable bonds is 4. The third kappa shape index (κ3) is 3.72. The molecule has 0 aliphatic carbocycles. The summed E-state index contributed by atoms with van der Waals surface area (Å²) in [5, 5.41) is 1.28. The predicted molar refractivity (Wildman–Crippen MR) is 79.4 cm³/mol. The highest BCUT2D eigenvalue weighted by atomic mass is 35.5. The van der Waals surface area contributed by atoms with Crippen LogP contribution in [0.1, 0.15) is 23.8 Å². The van der Waals surface area contributed by atoms with Crippen LogP contribution in [-0.2, 0) is 0 Å². The number of carbonyl (C=O) groups excluding carboxylic acids is 1. The van der Waals surface area contributed by atoms with Crippen molar-refractivity contribution in [3.8, 4) is 0 Å². The van der Waals surface area contributed by atoms with E-state index < -0.39 is 0 Å². The first kappa shape index (κ1) is 14.4. The van der Waals surface area contributed by atoms with Gasteiger partial charge in [0, 0.05) is 27.4 Å². The molecule has 0 spiro atoms. The van der Waals surface area contributed by atoms with E-state index >= 15 is 0 Å². The van der Waals surface area contributed by atoms with E-state index in [-0.39, 0.29) is 5.78 Å². The highest BCUT2D eigenvalue weighted by Gasteiger charge is 2.07. The SMILES string of the molecule is CCC(=O)c1ccc(Sc2cc(Cl)ccc2Cl)cn1. The molecule has 0 amide bonds. The fourth-order valence-electron chi connectivity index (χ4n) is 1.47. The number of pyridine rings is 1. The topological polar surface area (TPSA) is 30.0 Å². The summed E-state index contributed by atoms with van der Waals surface area (Å²) in [4.78, 5) is 17.4. The molecule has 98 valence electrons. The molecule has 0 saturated carbocycles. The summed E-state index contributed by atoms with van der Waals surface area (Å²) in [7, 11) is 0. The van der Waals surface area contributed by atoms with Crippen LogP contribution < -0.4 is 0 Å². The molecule has 0 fully saturated rings. The first-order chi connectivity index (χ1) is 9.10. The molecule has 19 heavy (non-hydrogen) atoms. The largest absolute Gasteiger partial charge is 0.292 e. The first-order valence-electron chi connectivity index (χ1n) is 5.72. The highest BCUT2D eigenvalue weighted by molar-refractivity contribution is 7.99. The summed E-state index contributed by atoms with van der Waals surface area (Å²) < 4.78 is 0. The molecule has 0 atom stereocenters. The molecule has 1 aromatic carbocycles. The predicted octanol–water partition coefficient (Wildman–Crippen LogP) is 5.13. The normalized spacial score (nSPS) is 10.5. The average Bonchev–Trinajstić information content (AvgIpc) is 2.43. The van der Waals surface area contributed by atoms with E-state index in [1.165, 1.54) is 11.8 Å². The number of Topliss-reactive ketones (excluding diaryl/α,β-unsaturated/α-hetero) is 1. The zero-order valence-corrected chi connectivity index (χ0v) is 12.5. The van der Waals surface area contributed by atoms with E-state index in [0.717, 1.165) is 9.79 Å². The van der Waals surface area contributed by atoms with Crippen molar-refractivity contribution in [3.05, 3.63) is 52.3 Å². The van der Waals surface area contributed by atoms with Gasteiger partial charge in [-0.05, 0) is 30.3 Å². The molecule has 1 aromatic heterocycles. The lowest BCUT2D eigenvalue weighted by Gasteiger charge is -2.05. The number of carbonyl (C=O) groups is 1. The Kier molecular flexibility index (Phi) is 4.86. The summed E-state index contributed by atoms with van der Waals surface area (Å²) in [5.41, 5.74) is 0.490. The van der Waals surface area contributed by atoms with Gasteiger partial charge in [-0.1, -0.05) is 41.9 Å². The van der Waals surface area contributed by atoms with Gasteiger partial charge in [-0.2, -0.15) is 0 Å². The zero-order chi connectivity index (χ0) is 13.8. The molecule has 0 N–H and O–H groups in total. The van der Waals surface area contributed by atoms with E-state index in [9.17, 15) is 4.79 Å². The van der Waals surface area contributed by atoms with E-state index in [4.69, 9.17) is 23.2 Å². The summed E-state index contributed by atoms with van der Waals surface area (Å²) in [5.74, 6) is 0.0392. The maximum absolute atomic E-state index is 11.5. The molecule has 1 heterocycles. The van der Waals surface area contributed by atoms with E-state index in [2.05, 4.69) is 4.98 Å². The van der Waals surface area contributed by atoms with Crippen molar-refractivity contribution in [1.29, 1.82) is 0 Å². The van der Waals surface area contributed by atoms with Gasteiger partial charge in [0.2, 0.25) is 0 Å². The molecule has 0 aliphatic rings. The Bertz CT molecular complexity index is 599. The van der Waals surface area contributed by atoms with Crippen molar-refractivity contribution in [2.45, 2.75) is 23.1 Å². The Morgan fingerprint density at radius 3 is 2.68 bits per heavy atom. The van der Waals surface area contributed by atoms with Crippen molar-refractivity contribution in [2.24, 2.45) is 0 Å². The standard InChI is InChI=1S/C14H11Cl2NOS/c1-2-13(18)12-6-4-10(8-17-12)19-14-7-9(15)3-5-11(14)16/h3-8H,2H2,1H3. The molecule has 0 bridgehead atoms. The van der Waals surface area contributed by atoms with Gasteiger partial charge in [0.15, 0.2) is 5.78 Å². The fourth-order valence-corrected chi connectivity index (χ4v) is 2.79. The number of halogens is 2. The van der Waals surface area contributed by atoms with Crippen molar-refractivity contribution in [2.75, 3.05) is 0 Å². The van der Waals surface area contributed by atoms with Gasteiger partial charge in [-0.25, -0.2) is 0 Å². The summed E-state index contributed by atoms with van der Waals surface area (Å²) in [6.07, 6.45) is 2.13. The molecule has 0 saturated heterocycles. The quantitative estimate of drug-likeness (QED) is 0.733. The molecule has 2 nitrogen and oxygen atoms in total. The van der Waals surface area contributed by atoms with Crippen LogP contribution in [0.3, 0.4) is 0 Å². The lowest BCUT2D eigenvalue weighted by Crippen LogP contribution is -1.99. The van der Waals surface area contributed by atoms with Crippen LogP contribution in [0, 0.1) is 0 Å². The third-order valence-electron chi connectivity index (χ3n) is 2.46. The molecule has 0 radical (unpaired) electrons. The smallest absolute Gasteiger partial charge is 0.180 e. The Balaban J connectivity index is 2.19. The number of ketones is 1. The minimum atomic E-state index is 0.0392. The molecular formula is C14H11Cl2NOS. The van der Waals surface area contributed by atoms with Crippen molar-refractivity contribution >= 4 is 40.7 Å².